The standard InChI is InChI=1S/C26H36N4O2/c1-3-29(2)19-22-12-10-11-21(17-22)18-27-26(32)28-24(23-13-6-4-7-14-23)20-30-16-9-5-8-15-25(30)31/h4,6-7,10-14,17,24H,3,5,8-9,15-16,18-20H2,1-2H3,(H2,27,28,32)/t24-/m0/s1. The number of carbonyl (C=O) groups is 2. The third-order valence-corrected chi connectivity index (χ3v) is 6.02. The minimum atomic E-state index is -0.247. The van der Waals surface area contributed by atoms with Gasteiger partial charge in [0.2, 0.25) is 5.91 Å². The zero-order valence-corrected chi connectivity index (χ0v) is 19.3. The van der Waals surface area contributed by atoms with Crippen LogP contribution in [-0.4, -0.2) is 48.4 Å². The number of rotatable bonds is 9. The second-order valence-electron chi connectivity index (χ2n) is 8.59. The van der Waals surface area contributed by atoms with Gasteiger partial charge in [0.15, 0.2) is 0 Å². The second-order valence-corrected chi connectivity index (χ2v) is 8.59. The molecule has 32 heavy (non-hydrogen) atoms. The Morgan fingerprint density at radius 3 is 2.62 bits per heavy atom. The van der Waals surface area contributed by atoms with Gasteiger partial charge in [-0.25, -0.2) is 4.79 Å². The fourth-order valence-electron chi connectivity index (χ4n) is 4.02. The number of hydrogen-bond donors (Lipinski definition) is 2. The van der Waals surface area contributed by atoms with E-state index in [0.29, 0.717) is 19.5 Å². The van der Waals surface area contributed by atoms with E-state index in [0.717, 1.165) is 50.0 Å². The van der Waals surface area contributed by atoms with E-state index in [2.05, 4.69) is 41.6 Å². The summed E-state index contributed by atoms with van der Waals surface area (Å²) in [5, 5.41) is 6.08. The fraction of sp³-hybridized carbons (Fsp3) is 0.462. The van der Waals surface area contributed by atoms with E-state index in [1.54, 1.807) is 0 Å². The zero-order valence-electron chi connectivity index (χ0n) is 19.3. The number of likely N-dealkylation sites (tertiary alicyclic amines) is 1. The molecular formula is C26H36N4O2. The van der Waals surface area contributed by atoms with E-state index < -0.39 is 0 Å². The van der Waals surface area contributed by atoms with E-state index in [4.69, 9.17) is 0 Å². The smallest absolute Gasteiger partial charge is 0.315 e. The largest absolute Gasteiger partial charge is 0.340 e. The Bertz CT molecular complexity index is 871. The van der Waals surface area contributed by atoms with Crippen molar-refractivity contribution >= 4 is 11.9 Å². The van der Waals surface area contributed by atoms with Gasteiger partial charge in [-0.2, -0.15) is 0 Å². The molecule has 3 rings (SSSR count). The highest BCUT2D eigenvalue weighted by atomic mass is 16.2. The predicted molar refractivity (Wildman–Crippen MR) is 128 cm³/mol. The number of nitrogens with one attached hydrogen (secondary N) is 2. The average Bonchev–Trinajstić information content (AvgIpc) is 3.02. The predicted octanol–water partition coefficient (Wildman–Crippen LogP) is 4.08. The summed E-state index contributed by atoms with van der Waals surface area (Å²) in [4.78, 5) is 29.4. The summed E-state index contributed by atoms with van der Waals surface area (Å²) in [7, 11) is 2.09. The van der Waals surface area contributed by atoms with Crippen LogP contribution in [0, 0.1) is 0 Å². The Balaban J connectivity index is 1.61. The first-order valence-electron chi connectivity index (χ1n) is 11.7. The van der Waals surface area contributed by atoms with Gasteiger partial charge in [-0.15, -0.1) is 0 Å². The van der Waals surface area contributed by atoms with Gasteiger partial charge in [0.1, 0.15) is 0 Å². The number of benzene rings is 2. The quantitative estimate of drug-likeness (QED) is 0.623. The summed E-state index contributed by atoms with van der Waals surface area (Å²) in [5.74, 6) is 0.180. The monoisotopic (exact) mass is 436 g/mol. The molecule has 6 heteroatoms. The van der Waals surface area contributed by atoms with Crippen molar-refractivity contribution in [2.45, 2.75) is 51.7 Å². The molecule has 1 aliphatic heterocycles. The fourth-order valence-corrected chi connectivity index (χ4v) is 4.02. The maximum atomic E-state index is 12.8. The maximum absolute atomic E-state index is 12.8. The van der Waals surface area contributed by atoms with Gasteiger partial charge in [0.05, 0.1) is 6.04 Å². The molecule has 2 aromatic carbocycles. The van der Waals surface area contributed by atoms with Crippen LogP contribution >= 0.6 is 0 Å². The lowest BCUT2D eigenvalue weighted by atomic mass is 10.1. The van der Waals surface area contributed by atoms with E-state index in [1.165, 1.54) is 5.56 Å². The van der Waals surface area contributed by atoms with Crippen LogP contribution in [0.3, 0.4) is 0 Å². The molecule has 1 saturated heterocycles. The normalized spacial score (nSPS) is 15.3. The Morgan fingerprint density at radius 1 is 1.06 bits per heavy atom. The Labute approximate surface area is 192 Å². The van der Waals surface area contributed by atoms with E-state index in [9.17, 15) is 9.59 Å². The van der Waals surface area contributed by atoms with Crippen molar-refractivity contribution in [1.82, 2.24) is 20.4 Å². The van der Waals surface area contributed by atoms with Crippen molar-refractivity contribution in [3.05, 3.63) is 71.3 Å². The highest BCUT2D eigenvalue weighted by Gasteiger charge is 2.23. The topological polar surface area (TPSA) is 64.7 Å². The highest BCUT2D eigenvalue weighted by Crippen LogP contribution is 2.18. The zero-order chi connectivity index (χ0) is 22.8. The van der Waals surface area contributed by atoms with Crippen LogP contribution in [0.1, 0.15) is 55.3 Å². The number of nitrogens with zero attached hydrogens (tertiary/aromatic N) is 2. The van der Waals surface area contributed by atoms with Crippen LogP contribution in [0.25, 0.3) is 0 Å². The van der Waals surface area contributed by atoms with E-state index in [1.807, 2.05) is 47.4 Å². The number of carbonyl (C=O) groups excluding carboxylic acids is 2. The van der Waals surface area contributed by atoms with Crippen molar-refractivity contribution in [3.63, 3.8) is 0 Å². The summed E-state index contributed by atoms with van der Waals surface area (Å²) < 4.78 is 0. The third-order valence-electron chi connectivity index (χ3n) is 6.02. The van der Waals surface area contributed by atoms with Crippen LogP contribution in [0.2, 0.25) is 0 Å². The minimum Gasteiger partial charge on any atom is -0.340 e. The van der Waals surface area contributed by atoms with Crippen molar-refractivity contribution in [2.24, 2.45) is 0 Å². The maximum Gasteiger partial charge on any atom is 0.315 e. The summed E-state index contributed by atoms with van der Waals surface area (Å²) in [6.45, 7) is 5.72. The molecule has 0 saturated carbocycles. The first kappa shape index (κ1) is 23.8. The molecule has 1 fully saturated rings. The molecule has 3 amide bonds. The first-order chi connectivity index (χ1) is 15.5. The number of amides is 3. The lowest BCUT2D eigenvalue weighted by Crippen LogP contribution is -2.44. The molecule has 0 aromatic heterocycles. The lowest BCUT2D eigenvalue weighted by Gasteiger charge is -2.28. The molecule has 2 aromatic rings. The molecule has 0 bridgehead atoms. The third kappa shape index (κ3) is 7.38. The molecule has 6 nitrogen and oxygen atoms in total. The summed E-state index contributed by atoms with van der Waals surface area (Å²) in [5.41, 5.74) is 3.31. The SMILES string of the molecule is CCN(C)Cc1cccc(CNC(=O)N[C@@H](CN2CCCCCC2=O)c2ccccc2)c1. The van der Waals surface area contributed by atoms with Gasteiger partial charge in [-0.1, -0.05) is 67.9 Å². The Hall–Kier alpha value is -2.86. The minimum absolute atomic E-state index is 0.180. The molecule has 1 heterocycles. The van der Waals surface area contributed by atoms with Crippen LogP contribution in [-0.2, 0) is 17.9 Å². The number of hydrogen-bond acceptors (Lipinski definition) is 3. The average molecular weight is 437 g/mol. The molecule has 1 atom stereocenters. The summed E-state index contributed by atoms with van der Waals surface area (Å²) in [6, 6.07) is 17.7. The lowest BCUT2D eigenvalue weighted by molar-refractivity contribution is -0.131. The van der Waals surface area contributed by atoms with Gasteiger partial charge in [0.25, 0.3) is 0 Å². The van der Waals surface area contributed by atoms with Crippen molar-refractivity contribution in [3.8, 4) is 0 Å². The van der Waals surface area contributed by atoms with Crippen LogP contribution in [0.4, 0.5) is 4.79 Å². The second kappa shape index (κ2) is 12.2. The summed E-state index contributed by atoms with van der Waals surface area (Å²) >= 11 is 0. The molecule has 0 spiro atoms. The van der Waals surface area contributed by atoms with Gasteiger partial charge >= 0.3 is 6.03 Å². The molecule has 1 aliphatic rings. The molecule has 2 N–H and O–H groups in total. The van der Waals surface area contributed by atoms with Gasteiger partial charge in [-0.3, -0.25) is 4.79 Å². The molecular weight excluding hydrogens is 400 g/mol. The van der Waals surface area contributed by atoms with Crippen LogP contribution in [0.15, 0.2) is 54.6 Å². The van der Waals surface area contributed by atoms with Crippen molar-refractivity contribution in [2.75, 3.05) is 26.7 Å². The van der Waals surface area contributed by atoms with E-state index >= 15 is 0 Å². The van der Waals surface area contributed by atoms with Crippen molar-refractivity contribution < 1.29 is 9.59 Å². The van der Waals surface area contributed by atoms with Gasteiger partial charge in [-0.05, 0) is 43.1 Å². The summed E-state index contributed by atoms with van der Waals surface area (Å²) in [6.07, 6.45) is 3.64. The Kier molecular flexibility index (Phi) is 9.11. The van der Waals surface area contributed by atoms with Gasteiger partial charge in [0, 0.05) is 32.6 Å². The number of urea groups is 1. The highest BCUT2D eigenvalue weighted by molar-refractivity contribution is 5.77. The molecule has 172 valence electrons. The Morgan fingerprint density at radius 2 is 1.84 bits per heavy atom. The molecule has 0 radical (unpaired) electrons. The molecule has 0 unspecified atom stereocenters. The van der Waals surface area contributed by atoms with Crippen LogP contribution in [0.5, 0.6) is 0 Å². The molecule has 0 aliphatic carbocycles. The first-order valence-corrected chi connectivity index (χ1v) is 11.7. The van der Waals surface area contributed by atoms with Crippen LogP contribution < -0.4 is 10.6 Å². The van der Waals surface area contributed by atoms with Crippen molar-refractivity contribution in [1.29, 1.82) is 0 Å². The van der Waals surface area contributed by atoms with Gasteiger partial charge < -0.3 is 20.4 Å². The van der Waals surface area contributed by atoms with E-state index in [-0.39, 0.29) is 18.0 Å².